The molecule has 0 saturated heterocycles. The largest absolute Gasteiger partial charge is 0.369 e. The summed E-state index contributed by atoms with van der Waals surface area (Å²) < 4.78 is 49.6. The molecule has 0 bridgehead atoms. The molecular formula is C8H5BrF4OS. The Morgan fingerprint density at radius 2 is 2.07 bits per heavy atom. The van der Waals surface area contributed by atoms with E-state index in [1.165, 1.54) is 0 Å². The Balaban J connectivity index is 3.05. The van der Waals surface area contributed by atoms with Crippen LogP contribution in [0.3, 0.4) is 0 Å². The molecule has 0 saturated carbocycles. The van der Waals surface area contributed by atoms with Gasteiger partial charge in [0.1, 0.15) is 0 Å². The van der Waals surface area contributed by atoms with Crippen LogP contribution in [0.25, 0.3) is 0 Å². The molecule has 0 N–H and O–H groups in total. The van der Waals surface area contributed by atoms with Gasteiger partial charge in [0, 0.05) is 0 Å². The number of carbonyl (C=O) groups is 1. The summed E-state index contributed by atoms with van der Waals surface area (Å²) in [5, 5.41) is 0. The lowest BCUT2D eigenvalue weighted by Crippen LogP contribution is -2.36. The van der Waals surface area contributed by atoms with Crippen molar-refractivity contribution in [3.63, 3.8) is 0 Å². The molecule has 0 aromatic carbocycles. The maximum atomic E-state index is 12.7. The average molecular weight is 305 g/mol. The number of hydrogen-bond acceptors (Lipinski definition) is 2. The Morgan fingerprint density at radius 1 is 1.53 bits per heavy atom. The summed E-state index contributed by atoms with van der Waals surface area (Å²) in [6.45, 7) is 1.58. The molecule has 0 fully saturated rings. The van der Waals surface area contributed by atoms with E-state index in [9.17, 15) is 22.4 Å². The third kappa shape index (κ3) is 2.39. The van der Waals surface area contributed by atoms with Crippen molar-refractivity contribution in [3.05, 3.63) is 20.3 Å². The minimum Gasteiger partial charge on any atom is -0.286 e. The maximum Gasteiger partial charge on any atom is 0.369 e. The first-order valence-electron chi connectivity index (χ1n) is 3.73. The molecule has 1 aromatic heterocycles. The molecule has 1 heterocycles. The zero-order valence-corrected chi connectivity index (χ0v) is 9.76. The maximum absolute atomic E-state index is 12.7. The Bertz CT molecular complexity index is 368. The van der Waals surface area contributed by atoms with Gasteiger partial charge in [-0.25, -0.2) is 8.78 Å². The third-order valence-corrected chi connectivity index (χ3v) is 3.79. The number of Topliss-reactive ketones (excluding diaryl/α,β-unsaturated/α-hetero) is 1. The molecule has 15 heavy (non-hydrogen) atoms. The normalized spacial score (nSPS) is 12.2. The summed E-state index contributed by atoms with van der Waals surface area (Å²) in [6.07, 6.45) is -3.98. The molecule has 1 rings (SSSR count). The fraction of sp³-hybridized carbons (Fsp3) is 0.375. The highest BCUT2D eigenvalue weighted by molar-refractivity contribution is 9.11. The summed E-state index contributed by atoms with van der Waals surface area (Å²) in [5.41, 5.74) is 0.563. The fourth-order valence-electron chi connectivity index (χ4n) is 0.835. The minimum absolute atomic E-state index is 0.371. The summed E-state index contributed by atoms with van der Waals surface area (Å²) in [4.78, 5) is 10.7. The van der Waals surface area contributed by atoms with Crippen LogP contribution in [0, 0.1) is 6.92 Å². The van der Waals surface area contributed by atoms with Crippen LogP contribution in [-0.4, -0.2) is 18.1 Å². The van der Waals surface area contributed by atoms with Crippen molar-refractivity contribution in [1.82, 2.24) is 0 Å². The van der Waals surface area contributed by atoms with E-state index in [4.69, 9.17) is 0 Å². The van der Waals surface area contributed by atoms with Crippen LogP contribution in [0.15, 0.2) is 9.85 Å². The van der Waals surface area contributed by atoms with Crippen LogP contribution in [0.4, 0.5) is 17.6 Å². The first kappa shape index (κ1) is 12.6. The van der Waals surface area contributed by atoms with E-state index < -0.39 is 18.1 Å². The van der Waals surface area contributed by atoms with E-state index in [0.717, 1.165) is 17.4 Å². The van der Waals surface area contributed by atoms with E-state index in [1.54, 1.807) is 6.92 Å². The van der Waals surface area contributed by atoms with Gasteiger partial charge in [0.2, 0.25) is 5.78 Å². The van der Waals surface area contributed by atoms with Gasteiger partial charge in [-0.15, -0.1) is 11.3 Å². The summed E-state index contributed by atoms with van der Waals surface area (Å²) in [6, 6.07) is 1.16. The van der Waals surface area contributed by atoms with Gasteiger partial charge in [-0.1, -0.05) is 0 Å². The third-order valence-electron chi connectivity index (χ3n) is 1.66. The van der Waals surface area contributed by atoms with Crippen molar-refractivity contribution in [3.8, 4) is 0 Å². The standard InChI is InChI=1S/C8H5BrF4OS/c1-3-2-4(15-6(3)9)5(14)8(12,13)7(10)11/h2,7H,1H3. The van der Waals surface area contributed by atoms with Crippen LogP contribution in [-0.2, 0) is 0 Å². The molecule has 0 aliphatic carbocycles. The molecule has 0 aliphatic rings. The van der Waals surface area contributed by atoms with Crippen molar-refractivity contribution in [2.24, 2.45) is 0 Å². The Morgan fingerprint density at radius 3 is 2.40 bits per heavy atom. The Hall–Kier alpha value is -0.430. The monoisotopic (exact) mass is 304 g/mol. The van der Waals surface area contributed by atoms with Crippen LogP contribution >= 0.6 is 27.3 Å². The zero-order valence-electron chi connectivity index (χ0n) is 7.36. The average Bonchev–Trinajstić information content (AvgIpc) is 2.45. The van der Waals surface area contributed by atoms with Crippen LogP contribution in [0.2, 0.25) is 0 Å². The van der Waals surface area contributed by atoms with Crippen molar-refractivity contribution >= 4 is 33.0 Å². The molecule has 7 heteroatoms. The lowest BCUT2D eigenvalue weighted by Gasteiger charge is -2.11. The predicted octanol–water partition coefficient (Wildman–Crippen LogP) is 3.90. The number of hydrogen-bond donors (Lipinski definition) is 0. The Labute approximate surface area is 95.2 Å². The van der Waals surface area contributed by atoms with E-state index in [0.29, 0.717) is 9.35 Å². The number of alkyl halides is 4. The van der Waals surface area contributed by atoms with E-state index in [-0.39, 0.29) is 4.88 Å². The van der Waals surface area contributed by atoms with E-state index in [1.807, 2.05) is 0 Å². The van der Waals surface area contributed by atoms with Crippen molar-refractivity contribution < 1.29 is 22.4 Å². The molecule has 0 amide bonds. The molecular weight excluding hydrogens is 300 g/mol. The zero-order chi connectivity index (χ0) is 11.8. The highest BCUT2D eigenvalue weighted by Crippen LogP contribution is 2.33. The summed E-state index contributed by atoms with van der Waals surface area (Å²) in [5.74, 6) is -6.45. The molecule has 0 radical (unpaired) electrons. The lowest BCUT2D eigenvalue weighted by molar-refractivity contribution is -0.0956. The molecule has 0 aliphatic heterocycles. The number of carbonyl (C=O) groups excluding carboxylic acids is 1. The van der Waals surface area contributed by atoms with Crippen molar-refractivity contribution in [2.45, 2.75) is 19.3 Å². The summed E-state index contributed by atoms with van der Waals surface area (Å²) in [7, 11) is 0. The number of rotatable bonds is 3. The second kappa shape index (κ2) is 4.21. The van der Waals surface area contributed by atoms with E-state index in [2.05, 4.69) is 15.9 Å². The summed E-state index contributed by atoms with van der Waals surface area (Å²) >= 11 is 3.74. The smallest absolute Gasteiger partial charge is 0.286 e. The predicted molar refractivity (Wildman–Crippen MR) is 52.0 cm³/mol. The van der Waals surface area contributed by atoms with Gasteiger partial charge in [-0.05, 0) is 34.5 Å². The number of thiophene rings is 1. The van der Waals surface area contributed by atoms with Gasteiger partial charge in [0.25, 0.3) is 0 Å². The number of ketones is 1. The van der Waals surface area contributed by atoms with Gasteiger partial charge in [0.15, 0.2) is 0 Å². The second-order valence-corrected chi connectivity index (χ2v) is 5.19. The van der Waals surface area contributed by atoms with Gasteiger partial charge in [0.05, 0.1) is 8.66 Å². The van der Waals surface area contributed by atoms with Gasteiger partial charge < -0.3 is 0 Å². The molecule has 84 valence electrons. The van der Waals surface area contributed by atoms with Gasteiger partial charge >= 0.3 is 12.3 Å². The highest BCUT2D eigenvalue weighted by atomic mass is 79.9. The van der Waals surface area contributed by atoms with Crippen LogP contribution < -0.4 is 0 Å². The van der Waals surface area contributed by atoms with Gasteiger partial charge in [-0.2, -0.15) is 8.78 Å². The first-order chi connectivity index (χ1) is 6.76. The topological polar surface area (TPSA) is 17.1 Å². The van der Waals surface area contributed by atoms with Crippen molar-refractivity contribution in [1.29, 1.82) is 0 Å². The molecule has 1 nitrogen and oxygen atoms in total. The molecule has 1 aromatic rings. The van der Waals surface area contributed by atoms with E-state index >= 15 is 0 Å². The molecule has 0 spiro atoms. The van der Waals surface area contributed by atoms with Crippen molar-refractivity contribution in [2.75, 3.05) is 0 Å². The molecule has 0 unspecified atom stereocenters. The number of halogens is 5. The quantitative estimate of drug-likeness (QED) is 0.611. The van der Waals surface area contributed by atoms with Crippen LogP contribution in [0.1, 0.15) is 15.2 Å². The highest BCUT2D eigenvalue weighted by Gasteiger charge is 2.49. The Kier molecular flexibility index (Phi) is 3.55. The lowest BCUT2D eigenvalue weighted by atomic mass is 10.2. The van der Waals surface area contributed by atoms with Crippen LogP contribution in [0.5, 0.6) is 0 Å². The molecule has 0 atom stereocenters. The fourth-order valence-corrected chi connectivity index (χ4v) is 2.35. The van der Waals surface area contributed by atoms with Gasteiger partial charge in [-0.3, -0.25) is 4.79 Å². The minimum atomic E-state index is -4.61. The SMILES string of the molecule is Cc1cc(C(=O)C(F)(F)C(F)F)sc1Br. The second-order valence-electron chi connectivity index (χ2n) is 2.82. The first-order valence-corrected chi connectivity index (χ1v) is 5.34. The number of aryl methyl sites for hydroxylation is 1.